The molecule has 0 aromatic heterocycles. The fourth-order valence-electron chi connectivity index (χ4n) is 2.88. The number of ether oxygens (including phenoxy) is 1. The molecule has 1 N–H and O–H groups in total. The topological polar surface area (TPSA) is 58.6 Å². The highest BCUT2D eigenvalue weighted by Gasteiger charge is 2.35. The highest BCUT2D eigenvalue weighted by Crippen LogP contribution is 2.23. The Morgan fingerprint density at radius 3 is 2.68 bits per heavy atom. The lowest BCUT2D eigenvalue weighted by Crippen LogP contribution is -2.44. The molecule has 2 fully saturated rings. The summed E-state index contributed by atoms with van der Waals surface area (Å²) in [6, 6.07) is 0.128. The predicted molar refractivity (Wildman–Crippen MR) is 78.3 cm³/mol. The summed E-state index contributed by atoms with van der Waals surface area (Å²) >= 11 is 0. The molecule has 0 bridgehead atoms. The number of likely N-dealkylation sites (N-methyl/N-ethyl adjacent to an activating group) is 1. The Morgan fingerprint density at radius 2 is 2.05 bits per heavy atom. The van der Waals surface area contributed by atoms with Gasteiger partial charge in [0.2, 0.25) is 10.0 Å². The maximum absolute atomic E-state index is 12.4. The summed E-state index contributed by atoms with van der Waals surface area (Å²) in [4.78, 5) is 0. The molecule has 7 heteroatoms. The van der Waals surface area contributed by atoms with E-state index in [-0.39, 0.29) is 30.3 Å². The van der Waals surface area contributed by atoms with Crippen LogP contribution in [0.2, 0.25) is 0 Å². The Kier molecular flexibility index (Phi) is 7.04. The number of halogens is 1. The van der Waals surface area contributed by atoms with Gasteiger partial charge >= 0.3 is 0 Å². The van der Waals surface area contributed by atoms with Gasteiger partial charge in [-0.2, -0.15) is 4.31 Å². The van der Waals surface area contributed by atoms with Crippen LogP contribution in [0.1, 0.15) is 32.1 Å². The maximum atomic E-state index is 12.4. The quantitative estimate of drug-likeness (QED) is 0.822. The second-order valence-corrected chi connectivity index (χ2v) is 7.20. The number of nitrogens with one attached hydrogen (secondary N) is 1. The Balaban J connectivity index is 0.00000180. The molecular weight excluding hydrogens is 288 g/mol. The van der Waals surface area contributed by atoms with Crippen LogP contribution in [-0.4, -0.2) is 57.4 Å². The van der Waals surface area contributed by atoms with Gasteiger partial charge in [0.25, 0.3) is 0 Å². The lowest BCUT2D eigenvalue weighted by Gasteiger charge is -2.28. The zero-order valence-electron chi connectivity index (χ0n) is 11.5. The van der Waals surface area contributed by atoms with Gasteiger partial charge < -0.3 is 10.1 Å². The van der Waals surface area contributed by atoms with Crippen molar-refractivity contribution >= 4 is 22.4 Å². The summed E-state index contributed by atoms with van der Waals surface area (Å²) in [6.07, 6.45) is 4.86. The largest absolute Gasteiger partial charge is 0.377 e. The Labute approximate surface area is 122 Å². The van der Waals surface area contributed by atoms with Gasteiger partial charge in [-0.25, -0.2) is 8.42 Å². The summed E-state index contributed by atoms with van der Waals surface area (Å²) in [5, 5.41) is 3.08. The van der Waals surface area contributed by atoms with Crippen molar-refractivity contribution in [2.24, 2.45) is 0 Å². The number of hydrogen-bond acceptors (Lipinski definition) is 4. The first-order valence-corrected chi connectivity index (χ1v) is 8.50. The highest BCUT2D eigenvalue weighted by molar-refractivity contribution is 7.89. The van der Waals surface area contributed by atoms with E-state index in [1.807, 2.05) is 7.05 Å². The van der Waals surface area contributed by atoms with E-state index in [1.165, 1.54) is 0 Å². The normalized spacial score (nSPS) is 29.1. The standard InChI is InChI=1S/C12H24N2O3S.ClH/c1-13-9-11-5-4-7-14(11)18(15,16)10-12-6-2-3-8-17-12;/h11-13H,2-10H2,1H3;1H. The molecule has 0 spiro atoms. The Bertz CT molecular complexity index is 358. The van der Waals surface area contributed by atoms with Crippen molar-refractivity contribution < 1.29 is 13.2 Å². The average molecular weight is 313 g/mol. The SMILES string of the molecule is CNCC1CCCN1S(=O)(=O)CC1CCCCO1.Cl. The molecule has 2 heterocycles. The number of rotatable bonds is 5. The van der Waals surface area contributed by atoms with E-state index < -0.39 is 10.0 Å². The summed E-state index contributed by atoms with van der Waals surface area (Å²) < 4.78 is 32.0. The van der Waals surface area contributed by atoms with Crippen LogP contribution in [-0.2, 0) is 14.8 Å². The molecule has 2 atom stereocenters. The van der Waals surface area contributed by atoms with Crippen molar-refractivity contribution in [2.45, 2.75) is 44.2 Å². The van der Waals surface area contributed by atoms with Crippen molar-refractivity contribution in [3.8, 4) is 0 Å². The molecule has 2 rings (SSSR count). The fourth-order valence-corrected chi connectivity index (χ4v) is 4.85. The molecule has 114 valence electrons. The molecule has 0 aromatic rings. The molecule has 0 saturated carbocycles. The minimum atomic E-state index is -3.16. The maximum Gasteiger partial charge on any atom is 0.216 e. The molecule has 5 nitrogen and oxygen atoms in total. The minimum Gasteiger partial charge on any atom is -0.377 e. The van der Waals surface area contributed by atoms with E-state index in [4.69, 9.17) is 4.74 Å². The first kappa shape index (κ1) is 17.2. The monoisotopic (exact) mass is 312 g/mol. The lowest BCUT2D eigenvalue weighted by atomic mass is 10.1. The van der Waals surface area contributed by atoms with Crippen molar-refractivity contribution in [1.82, 2.24) is 9.62 Å². The van der Waals surface area contributed by atoms with Gasteiger partial charge in [-0.1, -0.05) is 0 Å². The third kappa shape index (κ3) is 4.56. The molecule has 2 unspecified atom stereocenters. The molecule has 2 saturated heterocycles. The van der Waals surface area contributed by atoms with Crippen LogP contribution in [0.25, 0.3) is 0 Å². The van der Waals surface area contributed by atoms with Gasteiger partial charge in [0.15, 0.2) is 0 Å². The van der Waals surface area contributed by atoms with Crippen molar-refractivity contribution in [3.63, 3.8) is 0 Å². The number of nitrogens with zero attached hydrogens (tertiary/aromatic N) is 1. The molecule has 19 heavy (non-hydrogen) atoms. The lowest BCUT2D eigenvalue weighted by molar-refractivity contribution is 0.0298. The average Bonchev–Trinajstić information content (AvgIpc) is 2.79. The zero-order chi connectivity index (χ0) is 13.0. The van der Waals surface area contributed by atoms with Crippen molar-refractivity contribution in [3.05, 3.63) is 0 Å². The molecule has 0 amide bonds. The predicted octanol–water partition coefficient (Wildman–Crippen LogP) is 0.991. The van der Waals surface area contributed by atoms with Crippen molar-refractivity contribution in [2.75, 3.05) is 32.5 Å². The molecular formula is C12H25ClN2O3S. The first-order valence-electron chi connectivity index (χ1n) is 6.89. The number of hydrogen-bond donors (Lipinski definition) is 1. The zero-order valence-corrected chi connectivity index (χ0v) is 13.1. The third-order valence-corrected chi connectivity index (χ3v) is 5.78. The second kappa shape index (κ2) is 7.78. The Morgan fingerprint density at radius 1 is 1.26 bits per heavy atom. The van der Waals surface area contributed by atoms with Crippen LogP contribution in [0.5, 0.6) is 0 Å². The summed E-state index contributed by atoms with van der Waals surface area (Å²) in [5.41, 5.74) is 0. The van der Waals surface area contributed by atoms with E-state index >= 15 is 0 Å². The summed E-state index contributed by atoms with van der Waals surface area (Å²) in [5.74, 6) is 0.160. The Hall–Kier alpha value is 0.120. The molecule has 2 aliphatic heterocycles. The molecule has 2 aliphatic rings. The number of sulfonamides is 1. The second-order valence-electron chi connectivity index (χ2n) is 5.23. The van der Waals surface area contributed by atoms with Crippen LogP contribution >= 0.6 is 12.4 Å². The smallest absolute Gasteiger partial charge is 0.216 e. The van der Waals surface area contributed by atoms with E-state index in [0.29, 0.717) is 13.2 Å². The molecule has 0 radical (unpaired) electrons. The van der Waals surface area contributed by atoms with Gasteiger partial charge in [-0.05, 0) is 39.2 Å². The molecule has 0 aromatic carbocycles. The fraction of sp³-hybridized carbons (Fsp3) is 1.00. The van der Waals surface area contributed by atoms with Crippen LogP contribution in [0.3, 0.4) is 0 Å². The van der Waals surface area contributed by atoms with Crippen LogP contribution in [0.4, 0.5) is 0 Å². The minimum absolute atomic E-state index is 0. The van der Waals surface area contributed by atoms with Crippen molar-refractivity contribution in [1.29, 1.82) is 0 Å². The third-order valence-electron chi connectivity index (χ3n) is 3.79. The van der Waals surface area contributed by atoms with Gasteiger partial charge in [-0.3, -0.25) is 0 Å². The summed E-state index contributed by atoms with van der Waals surface area (Å²) in [7, 11) is -1.29. The van der Waals surface area contributed by atoms with E-state index in [0.717, 1.165) is 38.6 Å². The van der Waals surface area contributed by atoms with Crippen LogP contribution in [0.15, 0.2) is 0 Å². The molecule has 0 aliphatic carbocycles. The van der Waals surface area contributed by atoms with E-state index in [2.05, 4.69) is 5.32 Å². The van der Waals surface area contributed by atoms with Crippen LogP contribution in [0, 0.1) is 0 Å². The summed E-state index contributed by atoms with van der Waals surface area (Å²) in [6.45, 7) is 2.12. The van der Waals surface area contributed by atoms with E-state index in [1.54, 1.807) is 4.31 Å². The first-order chi connectivity index (χ1) is 8.63. The van der Waals surface area contributed by atoms with Gasteiger partial charge in [0, 0.05) is 25.7 Å². The highest BCUT2D eigenvalue weighted by atomic mass is 35.5. The van der Waals surface area contributed by atoms with Crippen LogP contribution < -0.4 is 5.32 Å². The van der Waals surface area contributed by atoms with Gasteiger partial charge in [0.05, 0.1) is 11.9 Å². The van der Waals surface area contributed by atoms with Gasteiger partial charge in [-0.15, -0.1) is 12.4 Å². The van der Waals surface area contributed by atoms with E-state index in [9.17, 15) is 8.42 Å². The van der Waals surface area contributed by atoms with Gasteiger partial charge in [0.1, 0.15) is 0 Å².